The highest BCUT2D eigenvalue weighted by Crippen LogP contribution is 2.29. The highest BCUT2D eigenvalue weighted by molar-refractivity contribution is 6.44. The molecule has 2 aromatic rings. The highest BCUT2D eigenvalue weighted by Gasteiger charge is 2.15. The van der Waals surface area contributed by atoms with E-state index in [1.165, 1.54) is 0 Å². The number of anilines is 2. The van der Waals surface area contributed by atoms with Crippen LogP contribution >= 0.6 is 34.8 Å². The minimum Gasteiger partial charge on any atom is -0.339 e. The van der Waals surface area contributed by atoms with Gasteiger partial charge in [-0.3, -0.25) is 14.4 Å². The van der Waals surface area contributed by atoms with Crippen LogP contribution < -0.4 is 16.0 Å². The van der Waals surface area contributed by atoms with E-state index in [0.717, 1.165) is 0 Å². The Morgan fingerprint density at radius 3 is 2.20 bits per heavy atom. The fourth-order valence-corrected chi connectivity index (χ4v) is 2.23. The van der Waals surface area contributed by atoms with Crippen LogP contribution in [-0.4, -0.2) is 24.3 Å². The molecule has 0 fully saturated rings. The lowest BCUT2D eigenvalue weighted by Gasteiger charge is -2.09. The molecule has 0 spiro atoms. The Morgan fingerprint density at radius 2 is 1.52 bits per heavy atom. The van der Waals surface area contributed by atoms with E-state index in [9.17, 15) is 14.4 Å². The summed E-state index contributed by atoms with van der Waals surface area (Å²) in [6.45, 7) is -0.407. The third kappa shape index (κ3) is 5.63. The Morgan fingerprint density at radius 1 is 0.840 bits per heavy atom. The number of halogens is 3. The van der Waals surface area contributed by atoms with Crippen LogP contribution in [0.3, 0.4) is 0 Å². The van der Waals surface area contributed by atoms with Crippen molar-refractivity contribution in [2.24, 2.45) is 0 Å². The molecule has 25 heavy (non-hydrogen) atoms. The molecule has 0 aromatic heterocycles. The van der Waals surface area contributed by atoms with Crippen LogP contribution in [0.5, 0.6) is 0 Å². The Hall–Kier alpha value is -2.28. The van der Waals surface area contributed by atoms with Crippen molar-refractivity contribution in [2.45, 2.75) is 0 Å². The van der Waals surface area contributed by atoms with Gasteiger partial charge in [-0.15, -0.1) is 0 Å². The van der Waals surface area contributed by atoms with E-state index < -0.39 is 24.3 Å². The molecule has 3 N–H and O–H groups in total. The third-order valence-electron chi connectivity index (χ3n) is 2.94. The molecule has 9 heteroatoms. The molecule has 0 unspecified atom stereocenters. The van der Waals surface area contributed by atoms with Crippen molar-refractivity contribution in [2.75, 3.05) is 17.2 Å². The summed E-state index contributed by atoms with van der Waals surface area (Å²) in [7, 11) is 0. The minimum absolute atomic E-state index is 0.185. The van der Waals surface area contributed by atoms with E-state index in [4.69, 9.17) is 34.8 Å². The van der Waals surface area contributed by atoms with Crippen LogP contribution in [-0.2, 0) is 14.4 Å². The maximum Gasteiger partial charge on any atom is 0.313 e. The number of benzene rings is 2. The molecule has 2 rings (SSSR count). The van der Waals surface area contributed by atoms with Crippen LogP contribution in [0.25, 0.3) is 0 Å². The third-order valence-corrected chi connectivity index (χ3v) is 4.01. The second-order valence-corrected chi connectivity index (χ2v) is 6.01. The zero-order valence-corrected chi connectivity index (χ0v) is 14.9. The van der Waals surface area contributed by atoms with Crippen LogP contribution in [0.2, 0.25) is 15.1 Å². The fourth-order valence-electron chi connectivity index (χ4n) is 1.76. The number of carbonyl (C=O) groups is 3. The zero-order chi connectivity index (χ0) is 18.4. The predicted octanol–water partition coefficient (Wildman–Crippen LogP) is 3.34. The Bertz CT molecular complexity index is 810. The van der Waals surface area contributed by atoms with Crippen molar-refractivity contribution in [3.05, 3.63) is 57.5 Å². The molecule has 2 aromatic carbocycles. The van der Waals surface area contributed by atoms with Gasteiger partial charge in [0, 0.05) is 10.7 Å². The van der Waals surface area contributed by atoms with Crippen LogP contribution in [0.15, 0.2) is 42.5 Å². The molecule has 0 saturated carbocycles. The van der Waals surface area contributed by atoms with Gasteiger partial charge in [0.25, 0.3) is 0 Å². The molecule has 130 valence electrons. The average Bonchev–Trinajstić information content (AvgIpc) is 2.59. The second-order valence-electron chi connectivity index (χ2n) is 4.79. The fraction of sp³-hybridized carbons (Fsp3) is 0.0625. The molecule has 0 aliphatic heterocycles. The number of hydrogen-bond donors (Lipinski definition) is 3. The van der Waals surface area contributed by atoms with Crippen molar-refractivity contribution >= 4 is 63.9 Å². The Labute approximate surface area is 158 Å². The molecule has 0 heterocycles. The van der Waals surface area contributed by atoms with Gasteiger partial charge >= 0.3 is 11.8 Å². The molecular formula is C16H12Cl3N3O3. The van der Waals surface area contributed by atoms with Gasteiger partial charge in [0.05, 0.1) is 22.3 Å². The molecule has 3 amide bonds. The van der Waals surface area contributed by atoms with Crippen molar-refractivity contribution in [1.29, 1.82) is 0 Å². The summed E-state index contributed by atoms with van der Waals surface area (Å²) in [6, 6.07) is 11.0. The summed E-state index contributed by atoms with van der Waals surface area (Å²) in [4.78, 5) is 35.3. The van der Waals surface area contributed by atoms with Crippen LogP contribution in [0.1, 0.15) is 0 Å². The maximum atomic E-state index is 11.8. The van der Waals surface area contributed by atoms with Crippen molar-refractivity contribution < 1.29 is 14.4 Å². The molecule has 0 atom stereocenters. The smallest absolute Gasteiger partial charge is 0.313 e. The molecule has 0 saturated heterocycles. The SMILES string of the molecule is O=C(CNC(=O)C(=O)Nc1ccc(Cl)cc1)Nc1cccc(Cl)c1Cl. The monoisotopic (exact) mass is 399 g/mol. The van der Waals surface area contributed by atoms with E-state index in [1.54, 1.807) is 42.5 Å². The lowest BCUT2D eigenvalue weighted by molar-refractivity contribution is -0.136. The van der Waals surface area contributed by atoms with E-state index in [1.807, 2.05) is 0 Å². The number of carbonyl (C=O) groups excluding carboxylic acids is 3. The van der Waals surface area contributed by atoms with Crippen LogP contribution in [0, 0.1) is 0 Å². The zero-order valence-electron chi connectivity index (χ0n) is 12.6. The Balaban J connectivity index is 1.84. The van der Waals surface area contributed by atoms with Crippen molar-refractivity contribution in [1.82, 2.24) is 5.32 Å². The lowest BCUT2D eigenvalue weighted by Crippen LogP contribution is -2.39. The van der Waals surface area contributed by atoms with Gasteiger partial charge in [0.1, 0.15) is 0 Å². The van der Waals surface area contributed by atoms with Gasteiger partial charge in [0.15, 0.2) is 0 Å². The quantitative estimate of drug-likeness (QED) is 0.688. The largest absolute Gasteiger partial charge is 0.339 e. The average molecular weight is 401 g/mol. The van der Waals surface area contributed by atoms with Gasteiger partial charge in [-0.2, -0.15) is 0 Å². The first-order valence-electron chi connectivity index (χ1n) is 6.95. The molecule has 6 nitrogen and oxygen atoms in total. The van der Waals surface area contributed by atoms with Gasteiger partial charge < -0.3 is 16.0 Å². The number of amides is 3. The van der Waals surface area contributed by atoms with E-state index in [2.05, 4.69) is 16.0 Å². The summed E-state index contributed by atoms with van der Waals surface area (Å²) in [5.74, 6) is -2.42. The van der Waals surface area contributed by atoms with Gasteiger partial charge in [0.2, 0.25) is 5.91 Å². The maximum absolute atomic E-state index is 11.8. The van der Waals surface area contributed by atoms with Crippen molar-refractivity contribution in [3.8, 4) is 0 Å². The van der Waals surface area contributed by atoms with Gasteiger partial charge in [-0.25, -0.2) is 0 Å². The molecular weight excluding hydrogens is 389 g/mol. The molecule has 0 radical (unpaired) electrons. The molecule has 0 aliphatic rings. The molecule has 0 aliphatic carbocycles. The predicted molar refractivity (Wildman–Crippen MR) is 98.2 cm³/mol. The minimum atomic E-state index is -0.956. The normalized spacial score (nSPS) is 10.0. The van der Waals surface area contributed by atoms with Gasteiger partial charge in [-0.05, 0) is 36.4 Å². The first-order valence-corrected chi connectivity index (χ1v) is 8.09. The molecule has 0 bridgehead atoms. The van der Waals surface area contributed by atoms with Crippen molar-refractivity contribution in [3.63, 3.8) is 0 Å². The summed E-state index contributed by atoms with van der Waals surface area (Å²) < 4.78 is 0. The standard InChI is InChI=1S/C16H12Cl3N3O3/c17-9-4-6-10(7-5-9)21-16(25)15(24)20-8-13(23)22-12-3-1-2-11(18)14(12)19/h1-7H,8H2,(H,20,24)(H,21,25)(H,22,23). The lowest BCUT2D eigenvalue weighted by atomic mass is 10.3. The first-order chi connectivity index (χ1) is 11.9. The summed E-state index contributed by atoms with van der Waals surface area (Å²) >= 11 is 17.5. The summed E-state index contributed by atoms with van der Waals surface area (Å²) in [6.07, 6.45) is 0. The van der Waals surface area contributed by atoms with E-state index in [0.29, 0.717) is 16.4 Å². The Kier molecular flexibility index (Phi) is 6.64. The van der Waals surface area contributed by atoms with E-state index in [-0.39, 0.29) is 10.0 Å². The topological polar surface area (TPSA) is 87.3 Å². The number of rotatable bonds is 4. The van der Waals surface area contributed by atoms with Gasteiger partial charge in [-0.1, -0.05) is 40.9 Å². The number of nitrogens with one attached hydrogen (secondary N) is 3. The van der Waals surface area contributed by atoms with Crippen LogP contribution in [0.4, 0.5) is 11.4 Å². The first kappa shape index (κ1) is 19.1. The second kappa shape index (κ2) is 8.71. The summed E-state index contributed by atoms with van der Waals surface area (Å²) in [5, 5.41) is 8.03. The number of hydrogen-bond acceptors (Lipinski definition) is 3. The highest BCUT2D eigenvalue weighted by atomic mass is 35.5. The van der Waals surface area contributed by atoms with E-state index >= 15 is 0 Å². The summed E-state index contributed by atoms with van der Waals surface area (Å²) in [5.41, 5.74) is 0.707.